The van der Waals surface area contributed by atoms with E-state index >= 15 is 0 Å². The zero-order valence-corrected chi connectivity index (χ0v) is 24.7. The Kier molecular flexibility index (Phi) is 7.07. The van der Waals surface area contributed by atoms with E-state index in [1.807, 2.05) is 6.07 Å². The monoisotopic (exact) mass is 576 g/mol. The van der Waals surface area contributed by atoms with Gasteiger partial charge in [0.25, 0.3) is 5.91 Å². The van der Waals surface area contributed by atoms with Gasteiger partial charge < -0.3 is 10.2 Å². The molecule has 3 aromatic rings. The van der Waals surface area contributed by atoms with Crippen LogP contribution in [0.25, 0.3) is 0 Å². The molecular formula is C30H34ClFN8O. The van der Waals surface area contributed by atoms with Crippen molar-refractivity contribution in [2.75, 3.05) is 46.2 Å². The normalized spacial score (nSPS) is 20.8. The third kappa shape index (κ3) is 4.78. The molecule has 1 aromatic heterocycles. The average Bonchev–Trinajstić information content (AvgIpc) is 3.39. The number of hydrogen-bond donors (Lipinski definition) is 1. The smallest absolute Gasteiger partial charge is 0.270 e. The van der Waals surface area contributed by atoms with E-state index in [0.29, 0.717) is 48.9 Å². The Morgan fingerprint density at radius 2 is 1.88 bits per heavy atom. The van der Waals surface area contributed by atoms with E-state index in [1.165, 1.54) is 28.9 Å². The van der Waals surface area contributed by atoms with Crippen LogP contribution in [-0.4, -0.2) is 71.0 Å². The highest BCUT2D eigenvalue weighted by molar-refractivity contribution is 6.38. The highest BCUT2D eigenvalue weighted by atomic mass is 35.5. The summed E-state index contributed by atoms with van der Waals surface area (Å²) in [6, 6.07) is 12.0. The fourth-order valence-electron chi connectivity index (χ4n) is 6.50. The quantitative estimate of drug-likeness (QED) is 0.432. The first-order valence-corrected chi connectivity index (χ1v) is 14.4. The van der Waals surface area contributed by atoms with Crippen molar-refractivity contribution in [3.8, 4) is 0 Å². The summed E-state index contributed by atoms with van der Waals surface area (Å²) < 4.78 is 14.8. The Morgan fingerprint density at radius 3 is 2.56 bits per heavy atom. The van der Waals surface area contributed by atoms with Crippen LogP contribution in [0.4, 0.5) is 33.2 Å². The molecule has 3 aliphatic heterocycles. The van der Waals surface area contributed by atoms with E-state index in [-0.39, 0.29) is 16.3 Å². The van der Waals surface area contributed by atoms with Gasteiger partial charge in [-0.1, -0.05) is 17.7 Å². The van der Waals surface area contributed by atoms with Crippen LogP contribution < -0.4 is 20.0 Å². The highest BCUT2D eigenvalue weighted by Crippen LogP contribution is 2.37. The molecule has 3 aliphatic rings. The van der Waals surface area contributed by atoms with Gasteiger partial charge in [-0.2, -0.15) is 4.98 Å². The molecule has 1 amide bonds. The summed E-state index contributed by atoms with van der Waals surface area (Å²) in [5, 5.41) is 3.42. The third-order valence-electron chi connectivity index (χ3n) is 8.01. The first-order chi connectivity index (χ1) is 19.6. The van der Waals surface area contributed by atoms with Crippen LogP contribution in [0.5, 0.6) is 0 Å². The second-order valence-electron chi connectivity index (χ2n) is 11.2. The predicted molar refractivity (Wildman–Crippen MR) is 162 cm³/mol. The molecule has 9 nitrogen and oxygen atoms in total. The average molecular weight is 577 g/mol. The van der Waals surface area contributed by atoms with Crippen molar-refractivity contribution in [2.24, 2.45) is 4.99 Å². The summed E-state index contributed by atoms with van der Waals surface area (Å²) in [4.78, 5) is 35.2. The van der Waals surface area contributed by atoms with Crippen LogP contribution in [-0.2, 0) is 0 Å². The Balaban J connectivity index is 1.25. The van der Waals surface area contributed by atoms with Crippen molar-refractivity contribution in [2.45, 2.75) is 52.7 Å². The van der Waals surface area contributed by atoms with E-state index in [0.717, 1.165) is 24.3 Å². The Morgan fingerprint density at radius 1 is 1.12 bits per heavy atom. The van der Waals surface area contributed by atoms with E-state index < -0.39 is 11.7 Å². The molecule has 6 rings (SSSR count). The number of anilines is 5. The molecule has 0 unspecified atom stereocenters. The summed E-state index contributed by atoms with van der Waals surface area (Å²) in [5.41, 5.74) is 3.46. The van der Waals surface area contributed by atoms with E-state index in [2.05, 4.69) is 71.8 Å². The number of carbonyl (C=O) groups is 1. The molecule has 2 aromatic carbocycles. The van der Waals surface area contributed by atoms with E-state index in [4.69, 9.17) is 16.6 Å². The molecule has 1 saturated heterocycles. The number of amides is 1. The zero-order chi connectivity index (χ0) is 29.0. The lowest BCUT2D eigenvalue weighted by Crippen LogP contribution is -2.59. The van der Waals surface area contributed by atoms with Crippen molar-refractivity contribution < 1.29 is 9.18 Å². The maximum Gasteiger partial charge on any atom is 0.270 e. The fourth-order valence-corrected chi connectivity index (χ4v) is 6.75. The second-order valence-corrected chi connectivity index (χ2v) is 11.7. The lowest BCUT2D eigenvalue weighted by atomic mass is 10.0. The third-order valence-corrected chi connectivity index (χ3v) is 8.32. The minimum Gasteiger partial charge on any atom is -0.368 e. The maximum absolute atomic E-state index is 14.8. The van der Waals surface area contributed by atoms with Gasteiger partial charge in [-0.3, -0.25) is 19.6 Å². The van der Waals surface area contributed by atoms with Gasteiger partial charge in [0, 0.05) is 55.3 Å². The van der Waals surface area contributed by atoms with Gasteiger partial charge in [0.1, 0.15) is 17.1 Å². The van der Waals surface area contributed by atoms with E-state index in [1.54, 1.807) is 11.0 Å². The van der Waals surface area contributed by atoms with Crippen LogP contribution in [0, 0.1) is 12.7 Å². The van der Waals surface area contributed by atoms with Crippen LogP contribution in [0.15, 0.2) is 47.6 Å². The van der Waals surface area contributed by atoms with Crippen LogP contribution >= 0.6 is 11.6 Å². The number of guanidine groups is 1. The number of halogens is 2. The molecule has 4 heterocycles. The van der Waals surface area contributed by atoms with Gasteiger partial charge in [-0.05, 0) is 70.5 Å². The number of para-hydroxylation sites is 1. The lowest BCUT2D eigenvalue weighted by Gasteiger charge is -2.47. The number of benzene rings is 2. The largest absolute Gasteiger partial charge is 0.368 e. The molecular weight excluding hydrogens is 543 g/mol. The van der Waals surface area contributed by atoms with Crippen LogP contribution in [0.2, 0.25) is 5.02 Å². The second kappa shape index (κ2) is 10.6. The van der Waals surface area contributed by atoms with Crippen LogP contribution in [0.1, 0.15) is 43.6 Å². The highest BCUT2D eigenvalue weighted by Gasteiger charge is 2.41. The molecule has 11 heteroatoms. The molecule has 214 valence electrons. The number of aromatic nitrogens is 2. The van der Waals surface area contributed by atoms with Crippen LogP contribution in [0.3, 0.4) is 0 Å². The van der Waals surface area contributed by atoms with Crippen molar-refractivity contribution in [1.29, 1.82) is 0 Å². The summed E-state index contributed by atoms with van der Waals surface area (Å²) in [6.45, 7) is 14.1. The lowest BCUT2D eigenvalue weighted by molar-refractivity contribution is 0.0953. The molecule has 0 aliphatic carbocycles. The number of aryl methyl sites for hydroxylation is 1. The maximum atomic E-state index is 14.8. The molecule has 1 fully saturated rings. The number of aliphatic imine (C=N–C) groups is 1. The van der Waals surface area contributed by atoms with Gasteiger partial charge in [-0.15, -0.1) is 0 Å². The van der Waals surface area contributed by atoms with Crippen molar-refractivity contribution in [3.05, 3.63) is 64.6 Å². The number of fused-ring (bicyclic) bond motifs is 3. The topological polar surface area (TPSA) is 80.2 Å². The number of rotatable bonds is 5. The number of carbonyl (C=O) groups excluding carboxylic acids is 1. The molecule has 0 bridgehead atoms. The fraction of sp³-hybridized carbons (Fsp3) is 0.400. The van der Waals surface area contributed by atoms with Crippen molar-refractivity contribution in [3.63, 3.8) is 0 Å². The van der Waals surface area contributed by atoms with Gasteiger partial charge in [0.05, 0.1) is 11.6 Å². The van der Waals surface area contributed by atoms with Gasteiger partial charge in [0.15, 0.2) is 5.82 Å². The van der Waals surface area contributed by atoms with Gasteiger partial charge >= 0.3 is 0 Å². The molecule has 0 spiro atoms. The number of nitrogens with one attached hydrogen (secondary N) is 1. The Hall–Kier alpha value is -3.76. The van der Waals surface area contributed by atoms with E-state index in [9.17, 15) is 9.18 Å². The number of nitrogens with zero attached hydrogens (tertiary/aromatic N) is 7. The standard InChI is InChI=1S/C30H34ClFN8O/c1-17(2)39-19(4)15-37(16-20(39)5)25-10-9-21(13-18(25)3)35-29-34-14-22-27(36-29)38-12-11-33-30(38)40(28(22)41)26-23(31)7-6-8-24(26)32/h6-10,13-14,17,19-20H,11-12,15-16H2,1-5H3,(H,34,35,36)/t19-,20+. The SMILES string of the molecule is Cc1cc(Nc2ncc3c(n2)N2CCN=C2N(c2c(F)cccc2Cl)C3=O)ccc1N1C[C@@H](C)N(C(C)C)[C@@H](C)C1. The minimum absolute atomic E-state index is 0.0253. The molecule has 2 atom stereocenters. The molecule has 41 heavy (non-hydrogen) atoms. The minimum atomic E-state index is -0.604. The zero-order valence-electron chi connectivity index (χ0n) is 23.9. The number of hydrogen-bond acceptors (Lipinski definition) is 8. The van der Waals surface area contributed by atoms with Gasteiger partial charge in [-0.25, -0.2) is 14.3 Å². The summed E-state index contributed by atoms with van der Waals surface area (Å²) in [6.07, 6.45) is 1.47. The Labute approximate surface area is 244 Å². The number of piperazine rings is 1. The molecule has 0 radical (unpaired) electrons. The first kappa shape index (κ1) is 27.4. The predicted octanol–water partition coefficient (Wildman–Crippen LogP) is 5.46. The van der Waals surface area contributed by atoms with Crippen molar-refractivity contribution in [1.82, 2.24) is 14.9 Å². The first-order valence-electron chi connectivity index (χ1n) is 14.0. The summed E-state index contributed by atoms with van der Waals surface area (Å²) in [7, 11) is 0. The van der Waals surface area contributed by atoms with Gasteiger partial charge in [0.2, 0.25) is 11.9 Å². The summed E-state index contributed by atoms with van der Waals surface area (Å²) in [5.74, 6) is 0.0246. The molecule has 1 N–H and O–H groups in total. The Bertz CT molecular complexity index is 1510. The molecule has 0 saturated carbocycles. The van der Waals surface area contributed by atoms with Crippen molar-refractivity contribution >= 4 is 52.3 Å². The summed E-state index contributed by atoms with van der Waals surface area (Å²) >= 11 is 6.31.